The summed E-state index contributed by atoms with van der Waals surface area (Å²) in [4.78, 5) is 59.8. The Hall–Kier alpha value is -2.89. The van der Waals surface area contributed by atoms with Gasteiger partial charge in [0.1, 0.15) is 17.3 Å². The van der Waals surface area contributed by atoms with Crippen molar-refractivity contribution in [3.63, 3.8) is 0 Å². The van der Waals surface area contributed by atoms with Crippen LogP contribution in [-0.2, 0) is 71.1 Å². The molecule has 3 heterocycles. The fraction of sp³-hybridized carbons (Fsp3) is 0.868. The lowest BCUT2D eigenvalue weighted by atomic mass is 9.73. The summed E-state index contributed by atoms with van der Waals surface area (Å²) in [5, 5.41) is 28.7. The molecule has 0 aromatic rings. The summed E-state index contributed by atoms with van der Waals surface area (Å²) in [5.74, 6) is -6.17. The maximum atomic E-state index is 14.9. The largest absolute Gasteiger partial charge is 0.459 e. The first-order chi connectivity index (χ1) is 33.6. The third kappa shape index (κ3) is 16.6. The highest BCUT2D eigenvalue weighted by atomic mass is 28.4. The Morgan fingerprint density at radius 3 is 1.99 bits per heavy atom. The molecule has 0 aliphatic carbocycles. The van der Waals surface area contributed by atoms with Crippen molar-refractivity contribution in [1.29, 1.82) is 0 Å². The number of aliphatic hydroxyl groups is 2. The molecule has 0 amide bonds. The van der Waals surface area contributed by atoms with E-state index < -0.39 is 128 Å². The highest BCUT2D eigenvalue weighted by Gasteiger charge is 2.55. The molecule has 3 aliphatic heterocycles. The summed E-state index contributed by atoms with van der Waals surface area (Å²) in [6.45, 7) is 32.5. The normalized spacial score (nSPS) is 39.2. The van der Waals surface area contributed by atoms with Crippen LogP contribution < -0.4 is 0 Å². The summed E-state index contributed by atoms with van der Waals surface area (Å²) >= 11 is 0. The van der Waals surface area contributed by atoms with Crippen molar-refractivity contribution < 1.29 is 81.3 Å². The standard InChI is InChI=1S/C53H94N2O17Si/c1-22-40-53(16,61)45(59)32(4)42(54-72-38(10)58)30(2)28-52(15,63-25-23-24-26-64-73(20,21)50(11,12)13)46(71-49-44(67-36(8)56)39(55(17)18)27-31(3)65-49)33(5)43(34(6)48(60)69-40)70-41-29-51(14,62-19)47(35(7)66-41)68-37(9)57/h23-24,30-35,39-41,43-47,49,59,61H,22,25-29H2,1-21H3/b24-23+,54-42+/t30-,31-,32+,33+,34-,35+,39+,40-,41?,43+,44-,45-,46-,47+,49+,51-,52-,53-/m1/s1. The average molecular weight is 1060 g/mol. The Bertz CT molecular complexity index is 1890. The number of carbonyl (C=O) groups excluding carboxylic acids is 4. The average Bonchev–Trinajstić information content (AvgIpc) is 3.27. The zero-order chi connectivity index (χ0) is 55.8. The van der Waals surface area contributed by atoms with E-state index in [1.807, 2.05) is 58.8 Å². The van der Waals surface area contributed by atoms with Gasteiger partial charge in [0, 0.05) is 52.1 Å². The van der Waals surface area contributed by atoms with Crippen molar-refractivity contribution in [2.75, 3.05) is 34.4 Å². The van der Waals surface area contributed by atoms with Crippen molar-refractivity contribution in [2.24, 2.45) is 28.8 Å². The second-order valence-corrected chi connectivity index (χ2v) is 28.0. The van der Waals surface area contributed by atoms with Gasteiger partial charge in [-0.15, -0.1) is 0 Å². The van der Waals surface area contributed by atoms with Gasteiger partial charge in [-0.3, -0.25) is 14.4 Å². The number of hydrogen-bond acceptors (Lipinski definition) is 19. The van der Waals surface area contributed by atoms with Crippen LogP contribution in [0.5, 0.6) is 0 Å². The molecule has 3 aliphatic rings. The maximum Gasteiger partial charge on any atom is 0.331 e. The van der Waals surface area contributed by atoms with E-state index >= 15 is 0 Å². The Balaban J connectivity index is 2.45. The van der Waals surface area contributed by atoms with Crippen molar-refractivity contribution in [1.82, 2.24) is 4.90 Å². The molecule has 3 saturated heterocycles. The van der Waals surface area contributed by atoms with Gasteiger partial charge >= 0.3 is 23.9 Å². The van der Waals surface area contributed by atoms with Crippen molar-refractivity contribution in [3.05, 3.63) is 12.2 Å². The fourth-order valence-corrected chi connectivity index (χ4v) is 11.3. The third-order valence-electron chi connectivity index (χ3n) is 15.7. The molecule has 0 aromatic heterocycles. The van der Waals surface area contributed by atoms with Crippen LogP contribution >= 0.6 is 0 Å². The smallest absolute Gasteiger partial charge is 0.331 e. The SMILES string of the molecule is CC[C@H]1OC(=O)[C@H](C)[C@@H](OC2C[C@@](C)(OC)[C@@H](OC(C)=O)[C@H](C)O2)[C@H](C)[C@@H](O[C@@H]2O[C@H](C)C[C@H](N(C)C)[C@H]2OC(C)=O)[C@](C)(OC/C=C/CO[Si](C)(C)C(C)(C)C)C[C@@H](C)/C(=N\OC(C)=O)[C@H](C)[C@@H](O)[C@]1(C)O. The number of aliphatic hydroxyl groups excluding tert-OH is 1. The molecule has 3 rings (SSSR count). The van der Waals surface area contributed by atoms with Crippen molar-refractivity contribution in [2.45, 2.75) is 239 Å². The molecular weight excluding hydrogens is 965 g/mol. The summed E-state index contributed by atoms with van der Waals surface area (Å²) in [5.41, 5.74) is -4.38. The number of nitrogens with zero attached hydrogens (tertiary/aromatic N) is 2. The number of esters is 3. The second kappa shape index (κ2) is 26.4. The molecule has 0 radical (unpaired) electrons. The molecule has 0 spiro atoms. The van der Waals surface area contributed by atoms with E-state index in [2.05, 4.69) is 39.0 Å². The molecule has 0 bridgehead atoms. The molecule has 422 valence electrons. The minimum absolute atomic E-state index is 0.0163. The van der Waals surface area contributed by atoms with Crippen LogP contribution in [0.2, 0.25) is 18.1 Å². The Morgan fingerprint density at radius 2 is 1.45 bits per heavy atom. The van der Waals surface area contributed by atoms with Gasteiger partial charge in [0.15, 0.2) is 33.1 Å². The quantitative estimate of drug-likeness (QED) is 0.0401. The number of carbonyl (C=O) groups is 4. The molecule has 73 heavy (non-hydrogen) atoms. The number of rotatable bonds is 16. The molecule has 19 nitrogen and oxygen atoms in total. The van der Waals surface area contributed by atoms with E-state index in [4.69, 9.17) is 51.9 Å². The minimum atomic E-state index is -2.11. The number of likely N-dealkylation sites (N-methyl/N-ethyl adjacent to an activating group) is 1. The van der Waals surface area contributed by atoms with E-state index in [1.165, 1.54) is 34.8 Å². The first-order valence-corrected chi connectivity index (χ1v) is 28.9. The van der Waals surface area contributed by atoms with Gasteiger partial charge in [-0.25, -0.2) is 4.79 Å². The van der Waals surface area contributed by atoms with Crippen molar-refractivity contribution in [3.8, 4) is 0 Å². The Morgan fingerprint density at radius 1 is 0.849 bits per heavy atom. The molecule has 1 unspecified atom stereocenters. The molecule has 0 saturated carbocycles. The molecular formula is C53H94N2O17Si. The van der Waals surface area contributed by atoms with Gasteiger partial charge in [-0.05, 0) is 93.0 Å². The number of oxime groups is 1. The first-order valence-electron chi connectivity index (χ1n) is 26.0. The van der Waals surface area contributed by atoms with Crippen LogP contribution in [0.3, 0.4) is 0 Å². The molecule has 18 atom stereocenters. The number of ether oxygens (including phenoxy) is 9. The number of methoxy groups -OCH3 is 1. The summed E-state index contributed by atoms with van der Waals surface area (Å²) < 4.78 is 65.0. The summed E-state index contributed by atoms with van der Waals surface area (Å²) in [7, 11) is 3.18. The fourth-order valence-electron chi connectivity index (χ4n) is 10.4. The zero-order valence-electron chi connectivity index (χ0n) is 48.0. The predicted octanol–water partition coefficient (Wildman–Crippen LogP) is 6.88. The van der Waals surface area contributed by atoms with Crippen LogP contribution in [0.25, 0.3) is 0 Å². The van der Waals surface area contributed by atoms with Gasteiger partial charge in [-0.1, -0.05) is 65.8 Å². The zero-order valence-corrected chi connectivity index (χ0v) is 49.0. The van der Waals surface area contributed by atoms with Gasteiger partial charge in [0.25, 0.3) is 0 Å². The van der Waals surface area contributed by atoms with E-state index in [1.54, 1.807) is 34.6 Å². The molecule has 20 heteroatoms. The van der Waals surface area contributed by atoms with Crippen LogP contribution in [0.15, 0.2) is 17.3 Å². The van der Waals surface area contributed by atoms with Crippen molar-refractivity contribution >= 4 is 37.9 Å². The monoisotopic (exact) mass is 1060 g/mol. The van der Waals surface area contributed by atoms with Crippen LogP contribution in [0.4, 0.5) is 0 Å². The highest BCUT2D eigenvalue weighted by molar-refractivity contribution is 6.74. The lowest BCUT2D eigenvalue weighted by Gasteiger charge is -2.50. The van der Waals surface area contributed by atoms with Gasteiger partial charge in [-0.2, -0.15) is 0 Å². The Labute approximate surface area is 437 Å². The lowest BCUT2D eigenvalue weighted by molar-refractivity contribution is -0.321. The second-order valence-electron chi connectivity index (χ2n) is 23.1. The highest BCUT2D eigenvalue weighted by Crippen LogP contribution is 2.43. The summed E-state index contributed by atoms with van der Waals surface area (Å²) in [6, 6.07) is -0.347. The number of cyclic esters (lactones) is 1. The van der Waals surface area contributed by atoms with Gasteiger partial charge < -0.3 is 67.0 Å². The molecule has 3 fully saturated rings. The van der Waals surface area contributed by atoms with Gasteiger partial charge in [0.2, 0.25) is 0 Å². The first kappa shape index (κ1) is 64.4. The predicted molar refractivity (Wildman–Crippen MR) is 276 cm³/mol. The van der Waals surface area contributed by atoms with Crippen LogP contribution in [0.1, 0.15) is 136 Å². The van der Waals surface area contributed by atoms with E-state index in [0.717, 1.165) is 0 Å². The molecule has 2 N–H and O–H groups in total. The minimum Gasteiger partial charge on any atom is -0.459 e. The molecule has 0 aromatic carbocycles. The lowest BCUT2D eigenvalue weighted by Crippen LogP contribution is -2.62. The topological polar surface area (TPSA) is 226 Å². The van der Waals surface area contributed by atoms with Crippen LogP contribution in [0, 0.1) is 23.7 Å². The van der Waals surface area contributed by atoms with Gasteiger partial charge in [0.05, 0.1) is 67.0 Å². The van der Waals surface area contributed by atoms with E-state index in [0.29, 0.717) is 13.0 Å². The number of hydrogen-bond donors (Lipinski definition) is 2. The maximum absolute atomic E-state index is 14.9. The van der Waals surface area contributed by atoms with Crippen LogP contribution in [-0.4, -0.2) is 172 Å². The third-order valence-corrected chi connectivity index (χ3v) is 20.2. The van der Waals surface area contributed by atoms with E-state index in [-0.39, 0.29) is 48.8 Å². The summed E-state index contributed by atoms with van der Waals surface area (Å²) in [6.07, 6.45) is -5.72. The Kier molecular flexibility index (Phi) is 23.3. The van der Waals surface area contributed by atoms with E-state index in [9.17, 15) is 29.4 Å².